The quantitative estimate of drug-likeness (QED) is 0.141. The standard InChI is InChI=1S/C40H56N4O10/c1-24(2)35-38(50)41-32(23-28-12-10-13-29(22-28)53-6)39(51)44-20-11-14-31(43-44)40(52)54-34(25(3)19-21-45)16-9-7-8-15-33(47)27(5)36(48)30(37(49)42-35)18-17-26(4)46/h7-10,12-13,15,19,21-22,24,27,30-36,43,47-48H,11,14,16-18,20,23H2,1-6H3,(H,41,50)(H,42,49)/b9-7+,15-8+,25-19+/t27-,30+,31?,32-,33-,34-,35-,36+/m0/s1. The first-order chi connectivity index (χ1) is 25.7. The number of nitrogens with one attached hydrogen (secondary N) is 3. The van der Waals surface area contributed by atoms with Crippen LogP contribution in [0.25, 0.3) is 0 Å². The third kappa shape index (κ3) is 12.7. The van der Waals surface area contributed by atoms with Crippen molar-refractivity contribution in [1.29, 1.82) is 0 Å². The number of allylic oxidation sites excluding steroid dienone is 3. The Morgan fingerprint density at radius 1 is 1.09 bits per heavy atom. The van der Waals surface area contributed by atoms with Crippen molar-refractivity contribution in [2.45, 2.75) is 110 Å². The minimum Gasteiger partial charge on any atom is -0.497 e. The van der Waals surface area contributed by atoms with Crippen molar-refractivity contribution in [2.24, 2.45) is 17.8 Å². The van der Waals surface area contributed by atoms with Crippen LogP contribution in [-0.2, 0) is 39.9 Å². The van der Waals surface area contributed by atoms with Crippen LogP contribution in [0.1, 0.15) is 72.3 Å². The summed E-state index contributed by atoms with van der Waals surface area (Å²) < 4.78 is 11.2. The highest BCUT2D eigenvalue weighted by Crippen LogP contribution is 2.24. The summed E-state index contributed by atoms with van der Waals surface area (Å²) in [6.45, 7) is 8.28. The molecule has 14 nitrogen and oxygen atoms in total. The smallest absolute Gasteiger partial charge is 0.325 e. The number of nitrogens with zero attached hydrogens (tertiary/aromatic N) is 1. The van der Waals surface area contributed by atoms with Gasteiger partial charge in [0.25, 0.3) is 5.91 Å². The molecule has 296 valence electrons. The van der Waals surface area contributed by atoms with Gasteiger partial charge >= 0.3 is 5.97 Å². The molecular weight excluding hydrogens is 696 g/mol. The van der Waals surface area contributed by atoms with Gasteiger partial charge in [-0.2, -0.15) is 0 Å². The maximum Gasteiger partial charge on any atom is 0.325 e. The molecule has 8 atom stereocenters. The molecule has 2 bridgehead atoms. The Hall–Kier alpha value is -4.66. The highest BCUT2D eigenvalue weighted by molar-refractivity contribution is 5.93. The summed E-state index contributed by atoms with van der Waals surface area (Å²) in [5, 5.41) is 29.2. The van der Waals surface area contributed by atoms with Crippen LogP contribution in [-0.4, -0.2) is 101 Å². The average Bonchev–Trinajstić information content (AvgIpc) is 3.14. The topological polar surface area (TPSA) is 201 Å². The highest BCUT2D eigenvalue weighted by atomic mass is 16.5. The molecule has 0 spiro atoms. The molecule has 1 unspecified atom stereocenters. The number of benzene rings is 1. The fraction of sp³-hybridized carbons (Fsp3) is 0.550. The van der Waals surface area contributed by atoms with Crippen LogP contribution in [0.3, 0.4) is 0 Å². The molecule has 1 aromatic carbocycles. The van der Waals surface area contributed by atoms with Gasteiger partial charge in [-0.15, -0.1) is 0 Å². The molecule has 0 radical (unpaired) electrons. The molecule has 2 aliphatic rings. The van der Waals surface area contributed by atoms with Crippen molar-refractivity contribution < 1.29 is 48.5 Å². The number of carbonyl (C=O) groups excluding carboxylic acids is 6. The molecule has 54 heavy (non-hydrogen) atoms. The second-order valence-electron chi connectivity index (χ2n) is 14.4. The number of hydrogen-bond donors (Lipinski definition) is 5. The number of rotatable bonds is 9. The van der Waals surface area contributed by atoms with Crippen molar-refractivity contribution in [3.8, 4) is 5.75 Å². The lowest BCUT2D eigenvalue weighted by atomic mass is 9.84. The molecule has 14 heteroatoms. The number of aliphatic hydroxyl groups excluding tert-OH is 2. The molecule has 2 heterocycles. The number of amides is 3. The summed E-state index contributed by atoms with van der Waals surface area (Å²) in [4.78, 5) is 78.9. The number of aldehydes is 1. The summed E-state index contributed by atoms with van der Waals surface area (Å²) in [5.74, 6) is -4.62. The molecule has 1 saturated heterocycles. The number of cyclic esters (lactones) is 1. The van der Waals surface area contributed by atoms with Crippen LogP contribution < -0.4 is 20.8 Å². The van der Waals surface area contributed by atoms with Gasteiger partial charge < -0.3 is 35.1 Å². The zero-order valence-electron chi connectivity index (χ0n) is 32.0. The van der Waals surface area contributed by atoms with Crippen LogP contribution in [0, 0.1) is 17.8 Å². The first-order valence-corrected chi connectivity index (χ1v) is 18.5. The Morgan fingerprint density at radius 2 is 1.83 bits per heavy atom. The minimum atomic E-state index is -1.40. The molecule has 3 amide bonds. The fourth-order valence-electron chi connectivity index (χ4n) is 6.38. The van der Waals surface area contributed by atoms with E-state index in [0.717, 1.165) is 0 Å². The Kier molecular flexibility index (Phi) is 17.2. The average molecular weight is 753 g/mol. The highest BCUT2D eigenvalue weighted by Gasteiger charge is 2.38. The van der Waals surface area contributed by atoms with Crippen molar-refractivity contribution >= 4 is 35.8 Å². The fourth-order valence-corrected chi connectivity index (χ4v) is 6.38. The molecule has 0 saturated carbocycles. The molecule has 0 aromatic heterocycles. The van der Waals surface area contributed by atoms with Gasteiger partial charge in [-0.3, -0.25) is 29.0 Å². The van der Waals surface area contributed by atoms with Gasteiger partial charge in [0, 0.05) is 31.7 Å². The van der Waals surface area contributed by atoms with Crippen molar-refractivity contribution in [1.82, 2.24) is 21.1 Å². The normalized spacial score (nSPS) is 29.5. The number of fused-ring (bicyclic) bond motifs is 2. The number of Topliss-reactive ketones (excluding diaryl/α,β-unsaturated/α-hetero) is 1. The second kappa shape index (κ2) is 21.3. The number of methoxy groups -OCH3 is 1. The van der Waals surface area contributed by atoms with Crippen LogP contribution >= 0.6 is 0 Å². The number of ketones is 1. The van der Waals surface area contributed by atoms with E-state index in [1.165, 1.54) is 31.2 Å². The van der Waals surface area contributed by atoms with E-state index in [2.05, 4.69) is 16.1 Å². The van der Waals surface area contributed by atoms with Gasteiger partial charge in [0.15, 0.2) is 0 Å². The number of ether oxygens (including phenoxy) is 2. The van der Waals surface area contributed by atoms with Gasteiger partial charge in [0.2, 0.25) is 11.8 Å². The number of carbonyl (C=O) groups is 6. The first-order valence-electron chi connectivity index (χ1n) is 18.5. The lowest BCUT2D eigenvalue weighted by Crippen LogP contribution is -2.62. The van der Waals surface area contributed by atoms with Crippen LogP contribution in [0.4, 0.5) is 0 Å². The summed E-state index contributed by atoms with van der Waals surface area (Å²) in [5.41, 5.74) is 4.15. The van der Waals surface area contributed by atoms with Gasteiger partial charge in [-0.05, 0) is 68.4 Å². The number of hydrazine groups is 1. The monoisotopic (exact) mass is 752 g/mol. The lowest BCUT2D eigenvalue weighted by molar-refractivity contribution is -0.156. The van der Waals surface area contributed by atoms with E-state index in [4.69, 9.17) is 9.47 Å². The van der Waals surface area contributed by atoms with Crippen molar-refractivity contribution in [2.75, 3.05) is 13.7 Å². The largest absolute Gasteiger partial charge is 0.497 e. The predicted molar refractivity (Wildman–Crippen MR) is 200 cm³/mol. The minimum absolute atomic E-state index is 0.0142. The zero-order chi connectivity index (χ0) is 39.9. The van der Waals surface area contributed by atoms with Crippen LogP contribution in [0.15, 0.2) is 60.2 Å². The Bertz CT molecular complexity index is 1570. The molecule has 1 aromatic rings. The summed E-state index contributed by atoms with van der Waals surface area (Å²) in [7, 11) is 1.51. The van der Waals surface area contributed by atoms with E-state index in [9.17, 15) is 39.0 Å². The summed E-state index contributed by atoms with van der Waals surface area (Å²) >= 11 is 0. The Labute approximate surface area is 317 Å². The van der Waals surface area contributed by atoms with E-state index < -0.39 is 77.9 Å². The molecule has 2 aliphatic heterocycles. The van der Waals surface area contributed by atoms with E-state index in [0.29, 0.717) is 36.0 Å². The van der Waals surface area contributed by atoms with E-state index in [-0.39, 0.29) is 38.0 Å². The van der Waals surface area contributed by atoms with Crippen molar-refractivity contribution in [3.63, 3.8) is 0 Å². The third-order valence-corrected chi connectivity index (χ3v) is 9.81. The third-order valence-electron chi connectivity index (χ3n) is 9.81. The van der Waals surface area contributed by atoms with Gasteiger partial charge in [0.05, 0.1) is 25.2 Å². The van der Waals surface area contributed by atoms with E-state index >= 15 is 0 Å². The summed E-state index contributed by atoms with van der Waals surface area (Å²) in [6, 6.07) is 3.82. The Balaban J connectivity index is 2.08. The number of hydrogen-bond acceptors (Lipinski definition) is 11. The summed E-state index contributed by atoms with van der Waals surface area (Å²) in [6.07, 6.45) is 5.81. The number of aliphatic hydroxyl groups is 2. The van der Waals surface area contributed by atoms with Crippen LogP contribution in [0.2, 0.25) is 0 Å². The maximum absolute atomic E-state index is 14.2. The zero-order valence-corrected chi connectivity index (χ0v) is 32.0. The predicted octanol–water partition coefficient (Wildman–Crippen LogP) is 2.28. The number of esters is 1. The van der Waals surface area contributed by atoms with Gasteiger partial charge in [-0.25, -0.2) is 5.43 Å². The molecule has 1 fully saturated rings. The SMILES string of the molecule is COc1cccc(C[C@@H]2NC(=O)[C@H](C(C)C)NC(=O)[C@H](CCC(C)=O)[C@H](O)[C@@H](C)[C@@H](O)/C=C/C=C/C[C@@H](/C(C)=C/C=O)OC(=O)C3CCCN(N3)C2=O)c1. The maximum atomic E-state index is 14.2. The van der Waals surface area contributed by atoms with Gasteiger partial charge in [-0.1, -0.05) is 57.2 Å². The second-order valence-corrected chi connectivity index (χ2v) is 14.4. The Morgan fingerprint density at radius 3 is 2.50 bits per heavy atom. The van der Waals surface area contributed by atoms with Crippen molar-refractivity contribution in [3.05, 3.63) is 65.8 Å². The first kappa shape index (κ1) is 43.7. The van der Waals surface area contributed by atoms with Gasteiger partial charge in [0.1, 0.15) is 42.0 Å². The molecular formula is C40H56N4O10. The van der Waals surface area contributed by atoms with Crippen LogP contribution in [0.5, 0.6) is 5.75 Å². The molecule has 5 N–H and O–H groups in total. The lowest BCUT2D eigenvalue weighted by Gasteiger charge is -2.36. The molecule has 3 rings (SSSR count). The molecule has 0 aliphatic carbocycles. The van der Waals surface area contributed by atoms with E-state index in [1.54, 1.807) is 70.2 Å². The van der Waals surface area contributed by atoms with E-state index in [1.807, 2.05) is 0 Å².